The molecule has 0 amide bonds. The second-order valence-electron chi connectivity index (χ2n) is 8.40. The van der Waals surface area contributed by atoms with Crippen LogP contribution < -0.4 is 19.6 Å². The number of allylic oxidation sites excluding steroid dienone is 1. The van der Waals surface area contributed by atoms with Crippen molar-refractivity contribution in [2.75, 3.05) is 13.7 Å². The fraction of sp³-hybridized carbons (Fsp3) is 0.296. The lowest BCUT2D eigenvalue weighted by Gasteiger charge is -2.25. The van der Waals surface area contributed by atoms with Gasteiger partial charge in [0.15, 0.2) is 4.80 Å². The molecule has 1 unspecified atom stereocenters. The first-order valence-corrected chi connectivity index (χ1v) is 12.1. The second kappa shape index (κ2) is 9.81. The molecule has 0 bridgehead atoms. The number of hydrogen-bond acceptors (Lipinski definition) is 6. The van der Waals surface area contributed by atoms with Crippen molar-refractivity contribution in [3.05, 3.63) is 96.2 Å². The Morgan fingerprint density at radius 3 is 2.41 bits per heavy atom. The molecule has 0 saturated carbocycles. The van der Waals surface area contributed by atoms with E-state index in [1.807, 2.05) is 54.6 Å². The lowest BCUT2D eigenvalue weighted by atomic mass is 9.93. The van der Waals surface area contributed by atoms with Gasteiger partial charge in [-0.15, -0.1) is 0 Å². The summed E-state index contributed by atoms with van der Waals surface area (Å²) in [6.45, 7) is 8.07. The van der Waals surface area contributed by atoms with Gasteiger partial charge in [0.05, 0.1) is 35.6 Å². The van der Waals surface area contributed by atoms with Gasteiger partial charge in [0, 0.05) is 0 Å². The van der Waals surface area contributed by atoms with Gasteiger partial charge in [0.2, 0.25) is 0 Å². The maximum absolute atomic E-state index is 13.6. The van der Waals surface area contributed by atoms with Crippen molar-refractivity contribution in [2.24, 2.45) is 4.99 Å². The molecular formula is C27H28N2O4S. The molecule has 0 saturated heterocycles. The van der Waals surface area contributed by atoms with Crippen molar-refractivity contribution in [1.82, 2.24) is 4.57 Å². The molecular weight excluding hydrogens is 448 g/mol. The normalized spacial score (nSPS) is 15.8. The number of aromatic nitrogens is 1. The molecule has 2 aromatic carbocycles. The van der Waals surface area contributed by atoms with Crippen molar-refractivity contribution in [3.8, 4) is 5.75 Å². The van der Waals surface area contributed by atoms with Gasteiger partial charge in [-0.1, -0.05) is 61.6 Å². The molecule has 7 heteroatoms. The van der Waals surface area contributed by atoms with Crippen molar-refractivity contribution >= 4 is 23.4 Å². The van der Waals surface area contributed by atoms with Gasteiger partial charge >= 0.3 is 5.97 Å². The summed E-state index contributed by atoms with van der Waals surface area (Å²) >= 11 is 1.31. The zero-order valence-corrected chi connectivity index (χ0v) is 20.8. The van der Waals surface area contributed by atoms with Crippen LogP contribution in [-0.4, -0.2) is 24.3 Å². The average molecular weight is 477 g/mol. The van der Waals surface area contributed by atoms with E-state index in [-0.39, 0.29) is 12.2 Å². The predicted molar refractivity (Wildman–Crippen MR) is 134 cm³/mol. The Labute approximate surface area is 202 Å². The minimum Gasteiger partial charge on any atom is -0.497 e. The van der Waals surface area contributed by atoms with Crippen LogP contribution in [0, 0.1) is 0 Å². The van der Waals surface area contributed by atoms with Crippen LogP contribution in [0.1, 0.15) is 56.3 Å². The third-order valence-corrected chi connectivity index (χ3v) is 6.83. The third-order valence-electron chi connectivity index (χ3n) is 5.85. The number of rotatable bonds is 6. The Morgan fingerprint density at radius 1 is 1.15 bits per heavy atom. The molecule has 0 fully saturated rings. The highest BCUT2D eigenvalue weighted by molar-refractivity contribution is 7.07. The molecule has 1 aliphatic heterocycles. The van der Waals surface area contributed by atoms with E-state index in [9.17, 15) is 9.59 Å². The lowest BCUT2D eigenvalue weighted by molar-refractivity contribution is -0.139. The van der Waals surface area contributed by atoms with E-state index in [1.54, 1.807) is 25.5 Å². The highest BCUT2D eigenvalue weighted by atomic mass is 32.1. The first-order valence-electron chi connectivity index (χ1n) is 11.3. The van der Waals surface area contributed by atoms with Gasteiger partial charge < -0.3 is 9.47 Å². The molecule has 1 atom stereocenters. The van der Waals surface area contributed by atoms with Crippen LogP contribution in [0.15, 0.2) is 69.6 Å². The molecule has 3 aromatic rings. The SMILES string of the molecule is CCOC(=O)C1=C(C)N=c2s/c(=C/c3ccc(OC)cc3)c(=O)n2C1c1ccc(C(C)C)cc1. The number of fused-ring (bicyclic) bond motifs is 1. The molecule has 0 radical (unpaired) electrons. The predicted octanol–water partition coefficient (Wildman–Crippen LogP) is 3.93. The molecule has 6 nitrogen and oxygen atoms in total. The Balaban J connectivity index is 1.90. The van der Waals surface area contributed by atoms with Gasteiger partial charge in [-0.3, -0.25) is 9.36 Å². The molecule has 1 aromatic heterocycles. The maximum Gasteiger partial charge on any atom is 0.338 e. The lowest BCUT2D eigenvalue weighted by Crippen LogP contribution is -2.39. The van der Waals surface area contributed by atoms with Gasteiger partial charge in [0.1, 0.15) is 5.75 Å². The standard InChI is InChI=1S/C27H28N2O4S/c1-6-33-26(31)23-17(4)28-27-29(24(23)20-11-9-19(10-12-20)16(2)3)25(30)22(34-27)15-18-7-13-21(32-5)14-8-18/h7-16,24H,6H2,1-5H3/b22-15+. The van der Waals surface area contributed by atoms with Crippen LogP contribution in [0.4, 0.5) is 0 Å². The number of methoxy groups -OCH3 is 1. The Morgan fingerprint density at radius 2 is 1.82 bits per heavy atom. The summed E-state index contributed by atoms with van der Waals surface area (Å²) in [6.07, 6.45) is 1.84. The molecule has 176 valence electrons. The molecule has 0 N–H and O–H groups in total. The summed E-state index contributed by atoms with van der Waals surface area (Å²) < 4.78 is 12.7. The molecule has 4 rings (SSSR count). The summed E-state index contributed by atoms with van der Waals surface area (Å²) in [5.74, 6) is 0.673. The van der Waals surface area contributed by atoms with Crippen molar-refractivity contribution in [2.45, 2.75) is 39.7 Å². The van der Waals surface area contributed by atoms with E-state index < -0.39 is 12.0 Å². The zero-order chi connectivity index (χ0) is 24.4. The van der Waals surface area contributed by atoms with Crippen LogP contribution in [0.25, 0.3) is 6.08 Å². The van der Waals surface area contributed by atoms with Crippen molar-refractivity contribution < 1.29 is 14.3 Å². The topological polar surface area (TPSA) is 69.9 Å². The Kier molecular flexibility index (Phi) is 6.84. The van der Waals surface area contributed by atoms with Gasteiger partial charge in [-0.25, -0.2) is 9.79 Å². The fourth-order valence-electron chi connectivity index (χ4n) is 4.02. The number of hydrogen-bond donors (Lipinski definition) is 0. The smallest absolute Gasteiger partial charge is 0.338 e. The molecule has 2 heterocycles. The maximum atomic E-state index is 13.6. The van der Waals surface area contributed by atoms with Crippen LogP contribution in [0.5, 0.6) is 5.75 Å². The number of ether oxygens (including phenoxy) is 2. The minimum atomic E-state index is -0.602. The van der Waals surface area contributed by atoms with Gasteiger partial charge in [-0.05, 0) is 54.7 Å². The van der Waals surface area contributed by atoms with E-state index in [4.69, 9.17) is 9.47 Å². The summed E-state index contributed by atoms with van der Waals surface area (Å²) in [7, 11) is 1.62. The molecule has 0 spiro atoms. The van der Waals surface area contributed by atoms with Crippen LogP contribution in [0.2, 0.25) is 0 Å². The summed E-state index contributed by atoms with van der Waals surface area (Å²) in [4.78, 5) is 31.8. The summed E-state index contributed by atoms with van der Waals surface area (Å²) in [6, 6.07) is 15.0. The van der Waals surface area contributed by atoms with E-state index >= 15 is 0 Å². The van der Waals surface area contributed by atoms with Crippen molar-refractivity contribution in [1.29, 1.82) is 0 Å². The van der Waals surface area contributed by atoms with Crippen LogP contribution in [0.3, 0.4) is 0 Å². The Bertz CT molecular complexity index is 1410. The average Bonchev–Trinajstić information content (AvgIpc) is 3.13. The van der Waals surface area contributed by atoms with Crippen LogP contribution >= 0.6 is 11.3 Å². The first kappa shape index (κ1) is 23.7. The number of carbonyl (C=O) groups is 1. The van der Waals surface area contributed by atoms with Crippen LogP contribution in [-0.2, 0) is 9.53 Å². The summed E-state index contributed by atoms with van der Waals surface area (Å²) in [5, 5.41) is 0. The van der Waals surface area contributed by atoms with E-state index in [2.05, 4.69) is 18.8 Å². The van der Waals surface area contributed by atoms with Gasteiger partial charge in [-0.2, -0.15) is 0 Å². The molecule has 0 aliphatic carbocycles. The minimum absolute atomic E-state index is 0.188. The third kappa shape index (κ3) is 4.48. The van der Waals surface area contributed by atoms with E-state index in [0.29, 0.717) is 26.5 Å². The molecule has 1 aliphatic rings. The largest absolute Gasteiger partial charge is 0.497 e. The number of esters is 1. The number of nitrogens with zero attached hydrogens (tertiary/aromatic N) is 2. The first-order chi connectivity index (χ1) is 16.3. The second-order valence-corrected chi connectivity index (χ2v) is 9.41. The molecule has 34 heavy (non-hydrogen) atoms. The van der Waals surface area contributed by atoms with Gasteiger partial charge in [0.25, 0.3) is 5.56 Å². The van der Waals surface area contributed by atoms with E-state index in [0.717, 1.165) is 16.9 Å². The fourth-order valence-corrected chi connectivity index (χ4v) is 5.07. The highest BCUT2D eigenvalue weighted by Crippen LogP contribution is 2.31. The highest BCUT2D eigenvalue weighted by Gasteiger charge is 2.33. The zero-order valence-electron chi connectivity index (χ0n) is 20.0. The quantitative estimate of drug-likeness (QED) is 0.506. The number of thiazole rings is 1. The monoisotopic (exact) mass is 476 g/mol. The Hall–Kier alpha value is -3.45. The van der Waals surface area contributed by atoms with Crippen molar-refractivity contribution in [3.63, 3.8) is 0 Å². The summed E-state index contributed by atoms with van der Waals surface area (Å²) in [5.41, 5.74) is 3.68. The van der Waals surface area contributed by atoms with E-state index in [1.165, 1.54) is 16.9 Å². The number of carbonyl (C=O) groups excluding carboxylic acids is 1. The number of benzene rings is 2.